The first-order valence-corrected chi connectivity index (χ1v) is 6.84. The highest BCUT2D eigenvalue weighted by Gasteiger charge is 2.18. The monoisotopic (exact) mass is 326 g/mol. The molecule has 0 spiro atoms. The summed E-state index contributed by atoms with van der Waals surface area (Å²) in [4.78, 5) is 13.0. The van der Waals surface area contributed by atoms with E-state index < -0.39 is 0 Å². The van der Waals surface area contributed by atoms with Crippen LogP contribution in [-0.2, 0) is 0 Å². The number of rotatable bonds is 4. The lowest BCUT2D eigenvalue weighted by molar-refractivity contribution is 0.103. The van der Waals surface area contributed by atoms with Crippen LogP contribution in [0.5, 0.6) is 11.5 Å². The van der Waals surface area contributed by atoms with E-state index in [1.165, 1.54) is 11.3 Å². The summed E-state index contributed by atoms with van der Waals surface area (Å²) >= 11 is 4.75. The second-order valence-electron chi connectivity index (χ2n) is 3.49. The van der Waals surface area contributed by atoms with Gasteiger partial charge in [-0.05, 0) is 45.6 Å². The average molecular weight is 327 g/mol. The van der Waals surface area contributed by atoms with Gasteiger partial charge in [0.2, 0.25) is 5.78 Å². The molecular weight excluding hydrogens is 316 g/mol. The molecule has 2 aromatic rings. The summed E-state index contributed by atoms with van der Waals surface area (Å²) in [6.07, 6.45) is 0. The number of carbonyl (C=O) groups excluding carboxylic acids is 1. The number of hydrogen-bond acceptors (Lipinski definition) is 4. The van der Waals surface area contributed by atoms with Crippen LogP contribution in [0.25, 0.3) is 0 Å². The van der Waals surface area contributed by atoms with E-state index in [1.54, 1.807) is 38.5 Å². The topological polar surface area (TPSA) is 35.5 Å². The average Bonchev–Trinajstić information content (AvgIpc) is 2.86. The van der Waals surface area contributed by atoms with E-state index in [1.807, 2.05) is 5.38 Å². The molecule has 1 heterocycles. The Morgan fingerprint density at radius 1 is 1.22 bits per heavy atom. The predicted molar refractivity (Wildman–Crippen MR) is 75.0 cm³/mol. The molecule has 0 saturated heterocycles. The first-order valence-electron chi connectivity index (χ1n) is 5.17. The van der Waals surface area contributed by atoms with E-state index >= 15 is 0 Å². The smallest absolute Gasteiger partial charge is 0.207 e. The molecule has 3 nitrogen and oxygen atoms in total. The summed E-state index contributed by atoms with van der Waals surface area (Å²) < 4.78 is 11.0. The van der Waals surface area contributed by atoms with Crippen molar-refractivity contribution >= 4 is 33.0 Å². The Bertz CT molecular complexity index is 577. The summed E-state index contributed by atoms with van der Waals surface area (Å²) in [5, 5.41) is 1.84. The van der Waals surface area contributed by atoms with E-state index in [9.17, 15) is 4.79 Å². The minimum absolute atomic E-state index is 0.0589. The first-order chi connectivity index (χ1) is 8.67. The van der Waals surface area contributed by atoms with Gasteiger partial charge < -0.3 is 9.47 Å². The normalized spacial score (nSPS) is 10.2. The summed E-state index contributed by atoms with van der Waals surface area (Å²) in [7, 11) is 3.15. The van der Waals surface area contributed by atoms with Gasteiger partial charge in [0.25, 0.3) is 0 Å². The molecule has 1 aromatic heterocycles. The van der Waals surface area contributed by atoms with Crippen LogP contribution >= 0.6 is 27.3 Å². The van der Waals surface area contributed by atoms with Crippen LogP contribution in [0.4, 0.5) is 0 Å². The van der Waals surface area contributed by atoms with Crippen molar-refractivity contribution in [2.24, 2.45) is 0 Å². The van der Waals surface area contributed by atoms with Gasteiger partial charge in [0.05, 0.1) is 14.2 Å². The zero-order valence-corrected chi connectivity index (χ0v) is 12.3. The molecule has 0 unspecified atom stereocenters. The molecule has 18 heavy (non-hydrogen) atoms. The van der Waals surface area contributed by atoms with Gasteiger partial charge in [-0.1, -0.05) is 0 Å². The number of thiophene rings is 1. The minimum Gasteiger partial charge on any atom is -0.497 e. The van der Waals surface area contributed by atoms with Crippen molar-refractivity contribution in [1.29, 1.82) is 0 Å². The Balaban J connectivity index is 2.40. The number of carbonyl (C=O) groups is 1. The summed E-state index contributed by atoms with van der Waals surface area (Å²) in [6.45, 7) is 0. The third kappa shape index (κ3) is 2.42. The van der Waals surface area contributed by atoms with Gasteiger partial charge in [0.15, 0.2) is 0 Å². The fourth-order valence-electron chi connectivity index (χ4n) is 1.55. The van der Waals surface area contributed by atoms with Crippen LogP contribution in [0.1, 0.15) is 15.2 Å². The van der Waals surface area contributed by atoms with Crippen molar-refractivity contribution < 1.29 is 14.3 Å². The fraction of sp³-hybridized carbons (Fsp3) is 0.154. The number of methoxy groups -OCH3 is 2. The van der Waals surface area contributed by atoms with Gasteiger partial charge in [0.1, 0.15) is 16.4 Å². The van der Waals surface area contributed by atoms with E-state index in [4.69, 9.17) is 9.47 Å². The van der Waals surface area contributed by atoms with Crippen LogP contribution in [0.3, 0.4) is 0 Å². The first kappa shape index (κ1) is 13.1. The van der Waals surface area contributed by atoms with Crippen LogP contribution < -0.4 is 9.47 Å². The maximum Gasteiger partial charge on any atom is 0.207 e. The Kier molecular flexibility index (Phi) is 4.04. The Morgan fingerprint density at radius 2 is 2.00 bits per heavy atom. The lowest BCUT2D eigenvalue weighted by Gasteiger charge is -2.06. The molecule has 0 amide bonds. The molecule has 0 saturated carbocycles. The van der Waals surface area contributed by atoms with Crippen molar-refractivity contribution in [2.45, 2.75) is 0 Å². The number of ether oxygens (including phenoxy) is 2. The maximum absolute atomic E-state index is 12.4. The molecule has 0 atom stereocenters. The van der Waals surface area contributed by atoms with Crippen molar-refractivity contribution in [2.75, 3.05) is 14.2 Å². The van der Waals surface area contributed by atoms with Crippen molar-refractivity contribution in [3.05, 3.63) is 44.6 Å². The Morgan fingerprint density at radius 3 is 2.61 bits per heavy atom. The van der Waals surface area contributed by atoms with Gasteiger partial charge in [0, 0.05) is 10.0 Å². The molecule has 0 fully saturated rings. The summed E-state index contributed by atoms with van der Waals surface area (Å²) in [5.74, 6) is 1.25. The predicted octanol–water partition coefficient (Wildman–Crippen LogP) is 3.76. The fourth-order valence-corrected chi connectivity index (χ4v) is 2.90. The van der Waals surface area contributed by atoms with Crippen LogP contribution in [0, 0.1) is 0 Å². The quantitative estimate of drug-likeness (QED) is 0.802. The zero-order chi connectivity index (χ0) is 13.1. The second-order valence-corrected chi connectivity index (χ2v) is 5.26. The van der Waals surface area contributed by atoms with E-state index in [2.05, 4.69) is 15.9 Å². The van der Waals surface area contributed by atoms with Crippen LogP contribution in [0.15, 0.2) is 34.1 Å². The van der Waals surface area contributed by atoms with Crippen molar-refractivity contribution in [3.63, 3.8) is 0 Å². The lowest BCUT2D eigenvalue weighted by atomic mass is 10.1. The maximum atomic E-state index is 12.4. The van der Waals surface area contributed by atoms with Crippen LogP contribution in [-0.4, -0.2) is 20.0 Å². The molecule has 5 heteroatoms. The molecule has 0 aliphatic heterocycles. The molecule has 0 radical (unpaired) electrons. The third-order valence-corrected chi connectivity index (χ3v) is 4.03. The Labute approximate surface area is 117 Å². The van der Waals surface area contributed by atoms with E-state index in [0.29, 0.717) is 26.4 Å². The van der Waals surface area contributed by atoms with E-state index in [0.717, 1.165) is 0 Å². The molecule has 0 aliphatic rings. The van der Waals surface area contributed by atoms with Gasteiger partial charge in [-0.25, -0.2) is 0 Å². The lowest BCUT2D eigenvalue weighted by Crippen LogP contribution is -2.02. The molecule has 2 rings (SSSR count). The highest BCUT2D eigenvalue weighted by molar-refractivity contribution is 9.10. The molecule has 1 aromatic carbocycles. The van der Waals surface area contributed by atoms with Crippen LogP contribution in [0.2, 0.25) is 0 Å². The summed E-state index contributed by atoms with van der Waals surface area (Å²) in [5.41, 5.74) is 0.594. The molecule has 94 valence electrons. The standard InChI is InChI=1S/C13H11BrO3S/c1-16-8-3-4-9(10(14)7-8)12(15)13-11(17-2)5-6-18-13/h3-7H,1-2H3. The second kappa shape index (κ2) is 5.54. The number of halogens is 1. The molecule has 0 bridgehead atoms. The minimum atomic E-state index is -0.0589. The van der Waals surface area contributed by atoms with E-state index in [-0.39, 0.29) is 5.78 Å². The van der Waals surface area contributed by atoms with Crippen molar-refractivity contribution in [3.8, 4) is 11.5 Å². The number of hydrogen-bond donors (Lipinski definition) is 0. The van der Waals surface area contributed by atoms with Gasteiger partial charge in [-0.2, -0.15) is 0 Å². The van der Waals surface area contributed by atoms with Crippen molar-refractivity contribution in [1.82, 2.24) is 0 Å². The van der Waals surface area contributed by atoms with Gasteiger partial charge in [-0.3, -0.25) is 4.79 Å². The molecular formula is C13H11BrO3S. The molecule has 0 N–H and O–H groups in total. The number of benzene rings is 1. The van der Waals surface area contributed by atoms with Gasteiger partial charge in [-0.15, -0.1) is 11.3 Å². The Hall–Kier alpha value is -1.33. The highest BCUT2D eigenvalue weighted by Crippen LogP contribution is 2.31. The highest BCUT2D eigenvalue weighted by atomic mass is 79.9. The zero-order valence-electron chi connectivity index (χ0n) is 9.90. The number of ketones is 1. The van der Waals surface area contributed by atoms with Gasteiger partial charge >= 0.3 is 0 Å². The SMILES string of the molecule is COc1ccc(C(=O)c2sccc2OC)c(Br)c1. The largest absolute Gasteiger partial charge is 0.497 e. The third-order valence-electron chi connectivity index (χ3n) is 2.48. The molecule has 0 aliphatic carbocycles. The summed E-state index contributed by atoms with van der Waals surface area (Å²) in [6, 6.07) is 7.06.